The lowest BCUT2D eigenvalue weighted by Gasteiger charge is -2.01. The van der Waals surface area contributed by atoms with Crippen molar-refractivity contribution in [3.63, 3.8) is 0 Å². The maximum atomic E-state index is 11.8. The maximum Gasteiger partial charge on any atom is 0.285 e. The minimum atomic E-state index is -3.60. The molecule has 2 rings (SSSR count). The van der Waals surface area contributed by atoms with Gasteiger partial charge in [-0.15, -0.1) is 4.40 Å². The number of hydrogen-bond donors (Lipinski definition) is 0. The van der Waals surface area contributed by atoms with Gasteiger partial charge in [-0.1, -0.05) is 17.7 Å². The Bertz CT molecular complexity index is 495. The van der Waals surface area contributed by atoms with Crippen molar-refractivity contribution in [3.05, 3.63) is 29.8 Å². The number of sulfonamides is 1. The van der Waals surface area contributed by atoms with Crippen LogP contribution in [0.4, 0.5) is 0 Å². The number of benzene rings is 1. The second-order valence-corrected chi connectivity index (χ2v) is 5.33. The first-order valence-corrected chi connectivity index (χ1v) is 6.55. The molecular formula is C11H13NO3S. The number of ether oxygens (including phenoxy) is 1. The summed E-state index contributed by atoms with van der Waals surface area (Å²) in [7, 11) is -3.60. The summed E-state index contributed by atoms with van der Waals surface area (Å²) in [6.45, 7) is 2.46. The fourth-order valence-corrected chi connectivity index (χ4v) is 2.45. The summed E-state index contributed by atoms with van der Waals surface area (Å²) in [5.74, 6) is 0.320. The maximum absolute atomic E-state index is 11.8. The van der Waals surface area contributed by atoms with E-state index in [0.717, 1.165) is 12.0 Å². The molecule has 0 bridgehead atoms. The van der Waals surface area contributed by atoms with E-state index >= 15 is 0 Å². The molecule has 16 heavy (non-hydrogen) atoms. The smallest absolute Gasteiger partial charge is 0.285 e. The van der Waals surface area contributed by atoms with Crippen LogP contribution in [0.5, 0.6) is 0 Å². The van der Waals surface area contributed by atoms with E-state index in [2.05, 4.69) is 4.40 Å². The van der Waals surface area contributed by atoms with Crippen LogP contribution in [0.2, 0.25) is 0 Å². The molecule has 86 valence electrons. The number of aryl methyl sites for hydroxylation is 1. The molecule has 5 heteroatoms. The van der Waals surface area contributed by atoms with Crippen LogP contribution in [0.1, 0.15) is 18.4 Å². The quantitative estimate of drug-likeness (QED) is 0.792. The van der Waals surface area contributed by atoms with Crippen LogP contribution in [-0.4, -0.2) is 20.9 Å². The Morgan fingerprint density at radius 3 is 2.50 bits per heavy atom. The van der Waals surface area contributed by atoms with Crippen molar-refractivity contribution in [3.8, 4) is 0 Å². The number of hydrogen-bond acceptors (Lipinski definition) is 3. The topological polar surface area (TPSA) is 55.7 Å². The van der Waals surface area contributed by atoms with Crippen molar-refractivity contribution in [2.45, 2.75) is 24.7 Å². The average molecular weight is 239 g/mol. The van der Waals surface area contributed by atoms with Crippen molar-refractivity contribution in [2.75, 3.05) is 6.61 Å². The predicted molar refractivity (Wildman–Crippen MR) is 61.0 cm³/mol. The van der Waals surface area contributed by atoms with Crippen LogP contribution in [0.15, 0.2) is 33.6 Å². The van der Waals surface area contributed by atoms with Gasteiger partial charge in [-0.05, 0) is 25.5 Å². The molecule has 0 radical (unpaired) electrons. The van der Waals surface area contributed by atoms with Crippen LogP contribution in [0.3, 0.4) is 0 Å². The van der Waals surface area contributed by atoms with Crippen molar-refractivity contribution >= 4 is 15.9 Å². The van der Waals surface area contributed by atoms with E-state index in [1.165, 1.54) is 0 Å². The summed E-state index contributed by atoms with van der Waals surface area (Å²) >= 11 is 0. The molecule has 0 atom stereocenters. The van der Waals surface area contributed by atoms with Gasteiger partial charge in [0, 0.05) is 6.42 Å². The van der Waals surface area contributed by atoms with E-state index in [1.54, 1.807) is 24.3 Å². The Morgan fingerprint density at radius 2 is 1.94 bits per heavy atom. The molecule has 0 saturated carbocycles. The standard InChI is InChI=1S/C11H13NO3S/c1-9-4-6-10(7-5-9)16(13,14)12-11-3-2-8-15-11/h4-7H,2-3,8H2,1H3/b12-11+. The summed E-state index contributed by atoms with van der Waals surface area (Å²) < 4.78 is 32.4. The Morgan fingerprint density at radius 1 is 1.25 bits per heavy atom. The first kappa shape index (κ1) is 11.1. The molecule has 1 fully saturated rings. The van der Waals surface area contributed by atoms with Crippen molar-refractivity contribution in [1.82, 2.24) is 0 Å². The summed E-state index contributed by atoms with van der Waals surface area (Å²) in [6, 6.07) is 6.62. The third-order valence-corrected chi connectivity index (χ3v) is 3.66. The zero-order chi connectivity index (χ0) is 11.6. The largest absolute Gasteiger partial charge is 0.480 e. The zero-order valence-corrected chi connectivity index (χ0v) is 9.83. The number of nitrogens with zero attached hydrogens (tertiary/aromatic N) is 1. The summed E-state index contributed by atoms with van der Waals surface area (Å²) in [6.07, 6.45) is 1.44. The molecule has 1 aromatic rings. The molecule has 0 spiro atoms. The van der Waals surface area contributed by atoms with Crippen LogP contribution < -0.4 is 0 Å². The van der Waals surface area contributed by atoms with Gasteiger partial charge in [0.2, 0.25) is 0 Å². The second kappa shape index (κ2) is 4.25. The lowest BCUT2D eigenvalue weighted by molar-refractivity contribution is 0.344. The van der Waals surface area contributed by atoms with Crippen LogP contribution >= 0.6 is 0 Å². The average Bonchev–Trinajstić information content (AvgIpc) is 2.70. The van der Waals surface area contributed by atoms with E-state index in [1.807, 2.05) is 6.92 Å². The fraction of sp³-hybridized carbons (Fsp3) is 0.364. The highest BCUT2D eigenvalue weighted by Crippen LogP contribution is 2.16. The van der Waals surface area contributed by atoms with Gasteiger partial charge in [0.1, 0.15) is 0 Å². The first-order chi connectivity index (χ1) is 7.58. The second-order valence-electron chi connectivity index (χ2n) is 3.73. The molecule has 1 aliphatic rings. The van der Waals surface area contributed by atoms with E-state index in [4.69, 9.17) is 4.74 Å². The molecule has 0 N–H and O–H groups in total. The monoisotopic (exact) mass is 239 g/mol. The summed E-state index contributed by atoms with van der Waals surface area (Å²) in [5.41, 5.74) is 1.02. The van der Waals surface area contributed by atoms with Crippen molar-refractivity contribution in [1.29, 1.82) is 0 Å². The molecule has 1 aromatic carbocycles. The van der Waals surface area contributed by atoms with E-state index in [0.29, 0.717) is 18.9 Å². The van der Waals surface area contributed by atoms with Crippen molar-refractivity contribution in [2.24, 2.45) is 4.40 Å². The molecule has 1 heterocycles. The number of rotatable bonds is 2. The van der Waals surface area contributed by atoms with E-state index in [9.17, 15) is 8.42 Å². The molecule has 0 aliphatic carbocycles. The lowest BCUT2D eigenvalue weighted by Crippen LogP contribution is -2.03. The van der Waals surface area contributed by atoms with Gasteiger partial charge < -0.3 is 4.74 Å². The SMILES string of the molecule is Cc1ccc(S(=O)(=O)/N=C2\CCCO2)cc1. The zero-order valence-electron chi connectivity index (χ0n) is 9.01. The van der Waals surface area contributed by atoms with Crippen LogP contribution in [0, 0.1) is 6.92 Å². The van der Waals surface area contributed by atoms with Crippen molar-refractivity contribution < 1.29 is 13.2 Å². The molecule has 0 unspecified atom stereocenters. The fourth-order valence-electron chi connectivity index (χ4n) is 1.45. The van der Waals surface area contributed by atoms with Gasteiger partial charge in [-0.25, -0.2) is 0 Å². The summed E-state index contributed by atoms with van der Waals surface area (Å²) in [5, 5.41) is 0. The highest BCUT2D eigenvalue weighted by atomic mass is 32.2. The Labute approximate surface area is 95.0 Å². The predicted octanol–water partition coefficient (Wildman–Crippen LogP) is 1.89. The summed E-state index contributed by atoms with van der Waals surface area (Å²) in [4.78, 5) is 0.209. The van der Waals surface area contributed by atoms with Crippen LogP contribution in [-0.2, 0) is 14.8 Å². The molecule has 1 aliphatic heterocycles. The van der Waals surface area contributed by atoms with E-state index < -0.39 is 10.0 Å². The highest BCUT2D eigenvalue weighted by Gasteiger charge is 2.17. The molecule has 4 nitrogen and oxygen atoms in total. The normalized spacial score (nSPS) is 18.7. The highest BCUT2D eigenvalue weighted by molar-refractivity contribution is 7.90. The Balaban J connectivity index is 2.31. The minimum Gasteiger partial charge on any atom is -0.480 e. The molecule has 1 saturated heterocycles. The first-order valence-electron chi connectivity index (χ1n) is 5.11. The van der Waals surface area contributed by atoms with Gasteiger partial charge in [-0.2, -0.15) is 8.42 Å². The molecule has 0 aromatic heterocycles. The minimum absolute atomic E-state index is 0.209. The van der Waals surface area contributed by atoms with Crippen LogP contribution in [0.25, 0.3) is 0 Å². The third kappa shape index (κ3) is 2.41. The van der Waals surface area contributed by atoms with Gasteiger partial charge in [0.15, 0.2) is 5.90 Å². The van der Waals surface area contributed by atoms with Gasteiger partial charge in [0.05, 0.1) is 11.5 Å². The van der Waals surface area contributed by atoms with Gasteiger partial charge in [0.25, 0.3) is 10.0 Å². The third-order valence-electron chi connectivity index (χ3n) is 2.34. The lowest BCUT2D eigenvalue weighted by atomic mass is 10.2. The molecular weight excluding hydrogens is 226 g/mol. The Kier molecular flexibility index (Phi) is 2.96. The van der Waals surface area contributed by atoms with Gasteiger partial charge >= 0.3 is 0 Å². The van der Waals surface area contributed by atoms with E-state index in [-0.39, 0.29) is 4.90 Å². The van der Waals surface area contributed by atoms with Gasteiger partial charge in [-0.3, -0.25) is 0 Å². The Hall–Kier alpha value is -1.36. The molecule has 0 amide bonds.